The van der Waals surface area contributed by atoms with Crippen LogP contribution in [-0.2, 0) is 25.6 Å². The van der Waals surface area contributed by atoms with Crippen molar-refractivity contribution in [2.45, 2.75) is 84.0 Å². The smallest absolute Gasteiger partial charge is 0.326 e. The van der Waals surface area contributed by atoms with Crippen LogP contribution in [0.4, 0.5) is 0 Å². The van der Waals surface area contributed by atoms with Crippen molar-refractivity contribution in [3.05, 3.63) is 35.9 Å². The Labute approximate surface area is 213 Å². The summed E-state index contributed by atoms with van der Waals surface area (Å²) >= 11 is 0. The van der Waals surface area contributed by atoms with Gasteiger partial charge >= 0.3 is 5.97 Å². The van der Waals surface area contributed by atoms with Crippen LogP contribution in [0.5, 0.6) is 0 Å². The van der Waals surface area contributed by atoms with Crippen molar-refractivity contribution in [3.8, 4) is 0 Å². The lowest BCUT2D eigenvalue weighted by atomic mass is 9.98. The molecule has 0 fully saturated rings. The molecule has 4 atom stereocenters. The third kappa shape index (κ3) is 11.2. The molecule has 36 heavy (non-hydrogen) atoms. The number of nitrogens with two attached hydrogens (primary N) is 2. The predicted octanol–water partition coefficient (Wildman–Crippen LogP) is 0.927. The Kier molecular flexibility index (Phi) is 13.7. The van der Waals surface area contributed by atoms with Crippen molar-refractivity contribution in [1.29, 1.82) is 0 Å². The van der Waals surface area contributed by atoms with Crippen LogP contribution in [0.15, 0.2) is 30.3 Å². The lowest BCUT2D eigenvalue weighted by Crippen LogP contribution is -2.58. The summed E-state index contributed by atoms with van der Waals surface area (Å²) in [5.74, 6) is -2.97. The average molecular weight is 506 g/mol. The molecule has 202 valence electrons. The molecule has 0 bridgehead atoms. The largest absolute Gasteiger partial charge is 0.480 e. The van der Waals surface area contributed by atoms with Gasteiger partial charge in [-0.1, -0.05) is 64.4 Å². The first-order chi connectivity index (χ1) is 17.0. The van der Waals surface area contributed by atoms with Crippen LogP contribution in [0.25, 0.3) is 0 Å². The molecule has 0 unspecified atom stereocenters. The quantitative estimate of drug-likeness (QED) is 0.181. The van der Waals surface area contributed by atoms with Crippen molar-refractivity contribution in [1.82, 2.24) is 16.0 Å². The van der Waals surface area contributed by atoms with Gasteiger partial charge in [0.05, 0.1) is 6.04 Å². The molecule has 0 radical (unpaired) electrons. The van der Waals surface area contributed by atoms with Gasteiger partial charge in [-0.15, -0.1) is 0 Å². The van der Waals surface area contributed by atoms with Gasteiger partial charge in [-0.2, -0.15) is 0 Å². The molecule has 1 aromatic rings. The molecule has 0 aliphatic rings. The van der Waals surface area contributed by atoms with Gasteiger partial charge in [-0.3, -0.25) is 14.4 Å². The number of nitrogens with one attached hydrogen (secondary N) is 3. The number of hydrogen-bond donors (Lipinski definition) is 6. The van der Waals surface area contributed by atoms with Gasteiger partial charge in [-0.05, 0) is 43.2 Å². The lowest BCUT2D eigenvalue weighted by molar-refractivity contribution is -0.142. The number of hydrogen-bond acceptors (Lipinski definition) is 6. The fraction of sp³-hybridized carbons (Fsp3) is 0.615. The van der Waals surface area contributed by atoms with Crippen LogP contribution in [0.1, 0.15) is 58.9 Å². The van der Waals surface area contributed by atoms with Gasteiger partial charge < -0.3 is 32.5 Å². The first-order valence-electron chi connectivity index (χ1n) is 12.6. The first-order valence-corrected chi connectivity index (χ1v) is 12.6. The Hall–Kier alpha value is -2.98. The lowest BCUT2D eigenvalue weighted by Gasteiger charge is -2.27. The highest BCUT2D eigenvalue weighted by molar-refractivity contribution is 5.94. The molecule has 0 aromatic heterocycles. The van der Waals surface area contributed by atoms with E-state index < -0.39 is 47.9 Å². The molecule has 3 amide bonds. The predicted molar refractivity (Wildman–Crippen MR) is 139 cm³/mol. The van der Waals surface area contributed by atoms with E-state index in [1.165, 1.54) is 0 Å². The molecule has 0 aliphatic heterocycles. The van der Waals surface area contributed by atoms with Crippen LogP contribution < -0.4 is 27.4 Å². The SMILES string of the molecule is CC(C)C[C@H](NC(=O)[C@@H](N)CCCCN)C(=O)N[C@H](C(=O)N[C@@H](Cc1ccccc1)C(=O)O)C(C)C. The van der Waals surface area contributed by atoms with Crippen molar-refractivity contribution in [2.24, 2.45) is 23.3 Å². The number of amides is 3. The highest BCUT2D eigenvalue weighted by Gasteiger charge is 2.32. The molecule has 1 rings (SSSR count). The number of carbonyl (C=O) groups is 4. The van der Waals surface area contributed by atoms with E-state index in [2.05, 4.69) is 16.0 Å². The maximum absolute atomic E-state index is 13.1. The average Bonchev–Trinajstić information content (AvgIpc) is 2.81. The Morgan fingerprint density at radius 1 is 0.861 bits per heavy atom. The minimum atomic E-state index is -1.17. The van der Waals surface area contributed by atoms with E-state index >= 15 is 0 Å². The van der Waals surface area contributed by atoms with Crippen molar-refractivity contribution in [3.63, 3.8) is 0 Å². The van der Waals surface area contributed by atoms with E-state index in [1.807, 2.05) is 19.9 Å². The number of carboxylic acid groups (broad SMARTS) is 1. The zero-order valence-corrected chi connectivity index (χ0v) is 21.8. The number of rotatable bonds is 16. The maximum Gasteiger partial charge on any atom is 0.326 e. The Balaban J connectivity index is 2.91. The van der Waals surface area contributed by atoms with Crippen LogP contribution in [0, 0.1) is 11.8 Å². The molecule has 0 aliphatic carbocycles. The van der Waals surface area contributed by atoms with E-state index in [9.17, 15) is 24.3 Å². The zero-order valence-electron chi connectivity index (χ0n) is 21.8. The Morgan fingerprint density at radius 2 is 1.47 bits per heavy atom. The van der Waals surface area contributed by atoms with Gasteiger partial charge in [0.25, 0.3) is 0 Å². The molecule has 10 heteroatoms. The van der Waals surface area contributed by atoms with Crippen LogP contribution in [0.2, 0.25) is 0 Å². The number of benzene rings is 1. The van der Waals surface area contributed by atoms with Gasteiger partial charge in [0.2, 0.25) is 17.7 Å². The fourth-order valence-corrected chi connectivity index (χ4v) is 3.72. The minimum Gasteiger partial charge on any atom is -0.480 e. The van der Waals surface area contributed by atoms with Gasteiger partial charge in [-0.25, -0.2) is 4.79 Å². The summed E-state index contributed by atoms with van der Waals surface area (Å²) in [5, 5.41) is 17.6. The molecular weight excluding hydrogens is 462 g/mol. The van der Waals surface area contributed by atoms with Crippen molar-refractivity contribution < 1.29 is 24.3 Å². The summed E-state index contributed by atoms with van der Waals surface area (Å²) in [4.78, 5) is 50.6. The first kappa shape index (κ1) is 31.1. The molecule has 0 saturated heterocycles. The van der Waals surface area contributed by atoms with Gasteiger partial charge in [0, 0.05) is 6.42 Å². The number of carbonyl (C=O) groups excluding carboxylic acids is 3. The van der Waals surface area contributed by atoms with Crippen molar-refractivity contribution in [2.75, 3.05) is 6.54 Å². The standard InChI is InChI=1S/C26H43N5O5/c1-16(2)14-20(29-23(32)19(28)12-8-9-13-27)24(33)31-22(17(3)4)25(34)30-21(26(35)36)15-18-10-6-5-7-11-18/h5-7,10-11,16-17,19-22H,8-9,12-15,27-28H2,1-4H3,(H,29,32)(H,30,34)(H,31,33)(H,35,36)/t19-,20-,21-,22-/m0/s1. The number of carboxylic acids is 1. The van der Waals surface area contributed by atoms with E-state index in [4.69, 9.17) is 11.5 Å². The van der Waals surface area contributed by atoms with E-state index in [-0.39, 0.29) is 18.3 Å². The second-order valence-corrected chi connectivity index (χ2v) is 9.90. The molecule has 0 saturated carbocycles. The Bertz CT molecular complexity index is 846. The highest BCUT2D eigenvalue weighted by atomic mass is 16.4. The summed E-state index contributed by atoms with van der Waals surface area (Å²) < 4.78 is 0. The molecule has 1 aromatic carbocycles. The monoisotopic (exact) mass is 505 g/mol. The molecule has 8 N–H and O–H groups in total. The number of unbranched alkanes of at least 4 members (excludes halogenated alkanes) is 1. The van der Waals surface area contributed by atoms with Crippen LogP contribution in [-0.4, -0.2) is 59.5 Å². The summed E-state index contributed by atoms with van der Waals surface area (Å²) in [6, 6.07) is 5.18. The van der Waals surface area contributed by atoms with Gasteiger partial charge in [0.1, 0.15) is 18.1 Å². The molecule has 10 nitrogen and oxygen atoms in total. The molecule has 0 spiro atoms. The zero-order chi connectivity index (χ0) is 27.3. The topological polar surface area (TPSA) is 177 Å². The van der Waals surface area contributed by atoms with Crippen LogP contribution >= 0.6 is 0 Å². The minimum absolute atomic E-state index is 0.0862. The van der Waals surface area contributed by atoms with E-state index in [1.54, 1.807) is 38.1 Å². The normalized spacial score (nSPS) is 14.6. The third-order valence-electron chi connectivity index (χ3n) is 5.79. The third-order valence-corrected chi connectivity index (χ3v) is 5.79. The van der Waals surface area contributed by atoms with E-state index in [0.717, 1.165) is 12.0 Å². The maximum atomic E-state index is 13.1. The fourth-order valence-electron chi connectivity index (χ4n) is 3.72. The Morgan fingerprint density at radius 3 is 2.00 bits per heavy atom. The summed E-state index contributed by atoms with van der Waals surface area (Å²) in [6.45, 7) is 7.85. The van der Waals surface area contributed by atoms with E-state index in [0.29, 0.717) is 25.8 Å². The summed E-state index contributed by atoms with van der Waals surface area (Å²) in [5.41, 5.74) is 12.2. The van der Waals surface area contributed by atoms with Gasteiger partial charge in [0.15, 0.2) is 0 Å². The number of aliphatic carboxylic acids is 1. The summed E-state index contributed by atoms with van der Waals surface area (Å²) in [6.07, 6.45) is 2.37. The highest BCUT2D eigenvalue weighted by Crippen LogP contribution is 2.10. The van der Waals surface area contributed by atoms with Crippen molar-refractivity contribution >= 4 is 23.7 Å². The second-order valence-electron chi connectivity index (χ2n) is 9.90. The molecular formula is C26H43N5O5. The molecule has 0 heterocycles. The second kappa shape index (κ2) is 15.9. The summed E-state index contributed by atoms with van der Waals surface area (Å²) in [7, 11) is 0. The van der Waals surface area contributed by atoms with Crippen LogP contribution in [0.3, 0.4) is 0 Å².